The first-order chi connectivity index (χ1) is 19.1. The number of hydrogen-bond donors (Lipinski definition) is 0. The fraction of sp³-hybridized carbons (Fsp3) is 0.219. The van der Waals surface area contributed by atoms with Gasteiger partial charge in [-0.25, -0.2) is 4.99 Å². The highest BCUT2D eigenvalue weighted by atomic mass is 79.9. The number of methoxy groups -OCH3 is 4. The van der Waals surface area contributed by atoms with E-state index in [4.69, 9.17) is 23.9 Å². The number of rotatable bonds is 11. The third-order valence-corrected chi connectivity index (χ3v) is 7.23. The zero-order chi connectivity index (χ0) is 27.5. The van der Waals surface area contributed by atoms with Crippen LogP contribution < -0.4 is 18.9 Å². The average molecular weight is 624 g/mol. The third-order valence-electron chi connectivity index (χ3n) is 6.15. The van der Waals surface area contributed by atoms with Crippen LogP contribution >= 0.6 is 28.7 Å². The van der Waals surface area contributed by atoms with Gasteiger partial charge >= 0.3 is 0 Å². The maximum Gasteiger partial charge on any atom is 0.165 e. The molecular weight excluding hydrogens is 588 g/mol. The lowest BCUT2D eigenvalue weighted by Gasteiger charge is -2.27. The van der Waals surface area contributed by atoms with Crippen molar-refractivity contribution in [3.05, 3.63) is 114 Å². The van der Waals surface area contributed by atoms with Crippen molar-refractivity contribution in [1.82, 2.24) is 4.90 Å². The van der Waals surface area contributed by atoms with E-state index >= 15 is 0 Å². The van der Waals surface area contributed by atoms with Gasteiger partial charge in [0.2, 0.25) is 0 Å². The SMILES string of the molecule is Br.COc1ccc(CN(Cc2ccc(OC)cc2)C(=Nc2cc(OC)ccc2OC)SCc2ccccc2)cc1. The zero-order valence-electron chi connectivity index (χ0n) is 23.2. The number of hydrogen-bond acceptors (Lipinski definition) is 6. The van der Waals surface area contributed by atoms with Crippen molar-refractivity contribution < 1.29 is 18.9 Å². The number of nitrogens with zero attached hydrogens (tertiary/aromatic N) is 2. The van der Waals surface area contributed by atoms with Crippen molar-refractivity contribution in [2.45, 2.75) is 18.8 Å². The Morgan fingerprint density at radius 1 is 0.625 bits per heavy atom. The first-order valence-corrected chi connectivity index (χ1v) is 13.6. The van der Waals surface area contributed by atoms with Crippen LogP contribution in [-0.4, -0.2) is 38.5 Å². The van der Waals surface area contributed by atoms with Crippen LogP contribution in [0.1, 0.15) is 16.7 Å². The van der Waals surface area contributed by atoms with Crippen LogP contribution in [0.15, 0.2) is 102 Å². The number of aliphatic imine (C=N–C) groups is 1. The van der Waals surface area contributed by atoms with E-state index in [1.54, 1.807) is 40.2 Å². The molecule has 0 spiro atoms. The Morgan fingerprint density at radius 3 is 1.65 bits per heavy atom. The predicted octanol–water partition coefficient (Wildman–Crippen LogP) is 7.92. The van der Waals surface area contributed by atoms with E-state index in [9.17, 15) is 0 Å². The Hall–Kier alpha value is -3.62. The second kappa shape index (κ2) is 15.8. The zero-order valence-corrected chi connectivity index (χ0v) is 25.7. The summed E-state index contributed by atoms with van der Waals surface area (Å²) in [5, 5.41) is 0.872. The molecule has 0 saturated heterocycles. The lowest BCUT2D eigenvalue weighted by molar-refractivity contribution is 0.401. The molecule has 4 rings (SSSR count). The molecule has 6 nitrogen and oxygen atoms in total. The summed E-state index contributed by atoms with van der Waals surface area (Å²) >= 11 is 1.69. The summed E-state index contributed by atoms with van der Waals surface area (Å²) in [5.74, 6) is 3.83. The maximum absolute atomic E-state index is 5.66. The van der Waals surface area contributed by atoms with Gasteiger partial charge in [-0.2, -0.15) is 0 Å². The molecule has 0 heterocycles. The molecule has 4 aromatic rings. The van der Waals surface area contributed by atoms with Crippen LogP contribution in [0.25, 0.3) is 0 Å². The highest BCUT2D eigenvalue weighted by molar-refractivity contribution is 8.93. The molecule has 0 radical (unpaired) electrons. The van der Waals surface area contributed by atoms with Gasteiger partial charge in [-0.15, -0.1) is 17.0 Å². The van der Waals surface area contributed by atoms with E-state index in [2.05, 4.69) is 53.4 Å². The second-order valence-electron chi connectivity index (χ2n) is 8.76. The first kappa shape index (κ1) is 30.9. The smallest absolute Gasteiger partial charge is 0.165 e. The summed E-state index contributed by atoms with van der Waals surface area (Å²) in [6, 6.07) is 32.4. The van der Waals surface area contributed by atoms with Crippen LogP contribution in [0.3, 0.4) is 0 Å². The fourth-order valence-corrected chi connectivity index (χ4v) is 4.96. The van der Waals surface area contributed by atoms with E-state index < -0.39 is 0 Å². The van der Waals surface area contributed by atoms with Gasteiger partial charge < -0.3 is 23.8 Å². The van der Waals surface area contributed by atoms with E-state index in [-0.39, 0.29) is 17.0 Å². The standard InChI is InChI=1S/C32H34N2O4S.BrH/c1-35-27-14-10-24(11-15-27)21-34(22-25-12-16-28(36-2)17-13-25)32(39-23-26-8-6-5-7-9-26)33-30-20-29(37-3)18-19-31(30)38-4;/h5-20H,21-23H2,1-4H3;1H. The Bertz CT molecular complexity index is 1300. The van der Waals surface area contributed by atoms with Crippen LogP contribution in [0, 0.1) is 0 Å². The Kier molecular flexibility index (Phi) is 12.2. The largest absolute Gasteiger partial charge is 0.497 e. The highest BCUT2D eigenvalue weighted by Crippen LogP contribution is 2.34. The summed E-state index contributed by atoms with van der Waals surface area (Å²) in [6.07, 6.45) is 0. The maximum atomic E-state index is 5.66. The summed E-state index contributed by atoms with van der Waals surface area (Å²) in [6.45, 7) is 1.31. The van der Waals surface area contributed by atoms with Gasteiger partial charge in [-0.1, -0.05) is 66.4 Å². The van der Waals surface area contributed by atoms with Gasteiger partial charge in [0, 0.05) is 24.9 Å². The summed E-state index contributed by atoms with van der Waals surface area (Å²) < 4.78 is 21.9. The number of ether oxygens (including phenoxy) is 4. The number of halogens is 1. The molecule has 0 aliphatic carbocycles. The minimum atomic E-state index is 0. The summed E-state index contributed by atoms with van der Waals surface area (Å²) in [4.78, 5) is 7.45. The molecule has 8 heteroatoms. The number of benzene rings is 4. The molecule has 0 unspecified atom stereocenters. The van der Waals surface area contributed by atoms with Crippen molar-refractivity contribution in [3.8, 4) is 23.0 Å². The van der Waals surface area contributed by atoms with Crippen LogP contribution in [0.4, 0.5) is 5.69 Å². The molecule has 40 heavy (non-hydrogen) atoms. The van der Waals surface area contributed by atoms with Crippen molar-refractivity contribution in [2.75, 3.05) is 28.4 Å². The molecule has 0 fully saturated rings. The van der Waals surface area contributed by atoms with Gasteiger partial charge in [0.15, 0.2) is 5.17 Å². The van der Waals surface area contributed by atoms with Gasteiger partial charge in [-0.05, 0) is 53.1 Å². The average Bonchev–Trinajstić information content (AvgIpc) is 3.00. The molecule has 0 bridgehead atoms. The minimum Gasteiger partial charge on any atom is -0.497 e. The van der Waals surface area contributed by atoms with Crippen molar-refractivity contribution in [1.29, 1.82) is 0 Å². The van der Waals surface area contributed by atoms with Crippen LogP contribution in [0.5, 0.6) is 23.0 Å². The lowest BCUT2D eigenvalue weighted by Crippen LogP contribution is -2.28. The van der Waals surface area contributed by atoms with Crippen LogP contribution in [0.2, 0.25) is 0 Å². The molecule has 0 N–H and O–H groups in total. The molecule has 0 amide bonds. The molecular formula is C32H35BrN2O4S. The lowest BCUT2D eigenvalue weighted by atomic mass is 10.1. The van der Waals surface area contributed by atoms with E-state index in [1.807, 2.05) is 48.5 Å². The third kappa shape index (κ3) is 8.69. The van der Waals surface area contributed by atoms with Crippen molar-refractivity contribution >= 4 is 39.6 Å². The van der Waals surface area contributed by atoms with E-state index in [0.29, 0.717) is 24.5 Å². The predicted molar refractivity (Wildman–Crippen MR) is 170 cm³/mol. The normalized spacial score (nSPS) is 10.8. The second-order valence-corrected chi connectivity index (χ2v) is 9.70. The van der Waals surface area contributed by atoms with Gasteiger partial charge in [0.25, 0.3) is 0 Å². The molecule has 0 atom stereocenters. The Morgan fingerprint density at radius 2 is 1.15 bits per heavy atom. The monoisotopic (exact) mass is 622 g/mol. The van der Waals surface area contributed by atoms with Gasteiger partial charge in [0.1, 0.15) is 28.7 Å². The summed E-state index contributed by atoms with van der Waals surface area (Å²) in [5.41, 5.74) is 4.23. The van der Waals surface area contributed by atoms with Gasteiger partial charge in [0.05, 0.1) is 28.4 Å². The fourth-order valence-electron chi connectivity index (χ4n) is 4.00. The number of thioether (sulfide) groups is 1. The molecule has 0 aliphatic rings. The van der Waals surface area contributed by atoms with Gasteiger partial charge in [-0.3, -0.25) is 0 Å². The van der Waals surface area contributed by atoms with Crippen LogP contribution in [-0.2, 0) is 18.8 Å². The molecule has 210 valence electrons. The molecule has 4 aromatic carbocycles. The highest BCUT2D eigenvalue weighted by Gasteiger charge is 2.17. The van der Waals surface area contributed by atoms with E-state index in [0.717, 1.165) is 39.3 Å². The minimum absolute atomic E-state index is 0. The quantitative estimate of drug-likeness (QED) is 0.125. The molecule has 0 aromatic heterocycles. The Balaban J connectivity index is 0.00000441. The molecule has 0 saturated carbocycles. The molecule has 0 aliphatic heterocycles. The van der Waals surface area contributed by atoms with E-state index in [1.165, 1.54) is 5.56 Å². The first-order valence-electron chi connectivity index (χ1n) is 12.6. The Labute approximate surface area is 251 Å². The topological polar surface area (TPSA) is 52.5 Å². The summed E-state index contributed by atoms with van der Waals surface area (Å²) in [7, 11) is 6.67. The van der Waals surface area contributed by atoms with Crippen molar-refractivity contribution in [2.24, 2.45) is 4.99 Å². The van der Waals surface area contributed by atoms with Crippen molar-refractivity contribution in [3.63, 3.8) is 0 Å². The number of amidine groups is 1.